The Labute approximate surface area is 120 Å². The first kappa shape index (κ1) is 14.5. The maximum absolute atomic E-state index is 5.18. The number of hydrogen-bond acceptors (Lipinski definition) is 4. The van der Waals surface area contributed by atoms with E-state index in [9.17, 15) is 0 Å². The number of nitrogens with one attached hydrogen (secondary N) is 1. The molecule has 1 aromatic carbocycles. The highest BCUT2D eigenvalue weighted by molar-refractivity contribution is 5.29. The van der Waals surface area contributed by atoms with E-state index in [2.05, 4.69) is 41.3 Å². The summed E-state index contributed by atoms with van der Waals surface area (Å²) < 4.78 is 5.18. The Bertz CT molecular complexity index is 554. The van der Waals surface area contributed by atoms with E-state index in [1.807, 2.05) is 19.1 Å². The highest BCUT2D eigenvalue weighted by Crippen LogP contribution is 2.21. The van der Waals surface area contributed by atoms with E-state index in [-0.39, 0.29) is 12.1 Å². The fourth-order valence-electron chi connectivity index (χ4n) is 2.29. The van der Waals surface area contributed by atoms with Crippen molar-refractivity contribution in [2.24, 2.45) is 0 Å². The molecule has 0 amide bonds. The summed E-state index contributed by atoms with van der Waals surface area (Å²) >= 11 is 0. The van der Waals surface area contributed by atoms with Crippen LogP contribution >= 0.6 is 0 Å². The van der Waals surface area contributed by atoms with Gasteiger partial charge in [-0.3, -0.25) is 9.97 Å². The first-order valence-electron chi connectivity index (χ1n) is 6.79. The normalized spacial score (nSPS) is 13.8. The standard InChI is InChI=1S/C16H21N3O/c1-11(14-5-7-15(20-4)8-6-14)19-13(3)16-12(2)17-9-10-18-16/h5-11,13,19H,1-4H3/t11-,13?/m1/s1. The lowest BCUT2D eigenvalue weighted by atomic mass is 10.1. The van der Waals surface area contributed by atoms with E-state index >= 15 is 0 Å². The number of ether oxygens (including phenoxy) is 1. The lowest BCUT2D eigenvalue weighted by Gasteiger charge is -2.21. The van der Waals surface area contributed by atoms with Crippen molar-refractivity contribution in [2.75, 3.05) is 7.11 Å². The Morgan fingerprint density at radius 1 is 1.00 bits per heavy atom. The van der Waals surface area contributed by atoms with Gasteiger partial charge in [-0.2, -0.15) is 0 Å². The molecule has 1 heterocycles. The Balaban J connectivity index is 2.06. The van der Waals surface area contributed by atoms with Crippen molar-refractivity contribution in [1.29, 1.82) is 0 Å². The summed E-state index contributed by atoms with van der Waals surface area (Å²) in [6, 6.07) is 8.50. The van der Waals surface area contributed by atoms with Gasteiger partial charge in [0.2, 0.25) is 0 Å². The lowest BCUT2D eigenvalue weighted by molar-refractivity contribution is 0.414. The minimum atomic E-state index is 0.154. The Morgan fingerprint density at radius 3 is 2.25 bits per heavy atom. The fraction of sp³-hybridized carbons (Fsp3) is 0.375. The van der Waals surface area contributed by atoms with Gasteiger partial charge in [0.1, 0.15) is 5.75 Å². The third kappa shape index (κ3) is 3.33. The summed E-state index contributed by atoms with van der Waals surface area (Å²) in [5, 5.41) is 3.55. The van der Waals surface area contributed by atoms with Crippen molar-refractivity contribution < 1.29 is 4.74 Å². The van der Waals surface area contributed by atoms with Crippen molar-refractivity contribution in [2.45, 2.75) is 32.9 Å². The number of hydrogen-bond donors (Lipinski definition) is 1. The third-order valence-corrected chi connectivity index (χ3v) is 3.45. The molecule has 0 aliphatic carbocycles. The van der Waals surface area contributed by atoms with Crippen molar-refractivity contribution in [3.8, 4) is 5.75 Å². The van der Waals surface area contributed by atoms with Gasteiger partial charge in [-0.25, -0.2) is 0 Å². The molecule has 1 N–H and O–H groups in total. The molecule has 2 rings (SSSR count). The first-order valence-corrected chi connectivity index (χ1v) is 6.79. The van der Waals surface area contributed by atoms with E-state index in [1.165, 1.54) is 5.56 Å². The topological polar surface area (TPSA) is 47.0 Å². The van der Waals surface area contributed by atoms with Crippen LogP contribution in [0.15, 0.2) is 36.7 Å². The molecule has 0 saturated carbocycles. The van der Waals surface area contributed by atoms with Gasteiger partial charge in [0.15, 0.2) is 0 Å². The molecule has 0 bridgehead atoms. The second-order valence-electron chi connectivity index (χ2n) is 4.91. The first-order chi connectivity index (χ1) is 9.61. The molecule has 0 spiro atoms. The average Bonchev–Trinajstić information content (AvgIpc) is 2.47. The van der Waals surface area contributed by atoms with Crippen LogP contribution in [0.5, 0.6) is 5.75 Å². The zero-order chi connectivity index (χ0) is 14.5. The molecule has 2 aromatic rings. The largest absolute Gasteiger partial charge is 0.497 e. The van der Waals surface area contributed by atoms with Gasteiger partial charge in [-0.15, -0.1) is 0 Å². The summed E-state index contributed by atoms with van der Waals surface area (Å²) in [5.41, 5.74) is 3.18. The molecule has 4 nitrogen and oxygen atoms in total. The molecule has 0 saturated heterocycles. The van der Waals surface area contributed by atoms with Gasteiger partial charge >= 0.3 is 0 Å². The van der Waals surface area contributed by atoms with Crippen molar-refractivity contribution in [3.63, 3.8) is 0 Å². The highest BCUT2D eigenvalue weighted by atomic mass is 16.5. The predicted octanol–water partition coefficient (Wildman–Crippen LogP) is 3.21. The van der Waals surface area contributed by atoms with Crippen molar-refractivity contribution >= 4 is 0 Å². The Hall–Kier alpha value is -1.94. The number of nitrogens with zero attached hydrogens (tertiary/aromatic N) is 2. The van der Waals surface area contributed by atoms with E-state index in [0.717, 1.165) is 17.1 Å². The quantitative estimate of drug-likeness (QED) is 0.907. The lowest BCUT2D eigenvalue weighted by Crippen LogP contribution is -2.24. The number of aryl methyl sites for hydroxylation is 1. The van der Waals surface area contributed by atoms with E-state index in [4.69, 9.17) is 4.74 Å². The van der Waals surface area contributed by atoms with Gasteiger partial charge in [0.25, 0.3) is 0 Å². The maximum Gasteiger partial charge on any atom is 0.118 e. The van der Waals surface area contributed by atoms with Gasteiger partial charge in [0.05, 0.1) is 18.5 Å². The second kappa shape index (κ2) is 6.48. The summed E-state index contributed by atoms with van der Waals surface area (Å²) in [4.78, 5) is 8.69. The van der Waals surface area contributed by atoms with E-state index in [0.29, 0.717) is 0 Å². The maximum atomic E-state index is 5.18. The summed E-state index contributed by atoms with van der Waals surface area (Å²) in [6.45, 7) is 6.24. The fourth-order valence-corrected chi connectivity index (χ4v) is 2.29. The van der Waals surface area contributed by atoms with E-state index < -0.39 is 0 Å². The Morgan fingerprint density at radius 2 is 1.65 bits per heavy atom. The highest BCUT2D eigenvalue weighted by Gasteiger charge is 2.14. The van der Waals surface area contributed by atoms with Crippen LogP contribution in [0.3, 0.4) is 0 Å². The van der Waals surface area contributed by atoms with Gasteiger partial charge in [0, 0.05) is 24.5 Å². The zero-order valence-electron chi connectivity index (χ0n) is 12.4. The van der Waals surface area contributed by atoms with Crippen LogP contribution in [0.25, 0.3) is 0 Å². The zero-order valence-corrected chi connectivity index (χ0v) is 12.4. The summed E-state index contributed by atoms with van der Waals surface area (Å²) in [6.07, 6.45) is 3.46. The second-order valence-corrected chi connectivity index (χ2v) is 4.91. The molecule has 20 heavy (non-hydrogen) atoms. The molecule has 0 radical (unpaired) electrons. The minimum absolute atomic E-state index is 0.154. The minimum Gasteiger partial charge on any atom is -0.497 e. The number of aromatic nitrogens is 2. The summed E-state index contributed by atoms with van der Waals surface area (Å²) in [7, 11) is 1.68. The van der Waals surface area contributed by atoms with Gasteiger partial charge < -0.3 is 10.1 Å². The van der Waals surface area contributed by atoms with Gasteiger partial charge in [-0.1, -0.05) is 12.1 Å². The van der Waals surface area contributed by atoms with Crippen LogP contribution in [-0.4, -0.2) is 17.1 Å². The predicted molar refractivity (Wildman–Crippen MR) is 79.7 cm³/mol. The molecule has 1 unspecified atom stereocenters. The molecule has 0 fully saturated rings. The molecule has 4 heteroatoms. The average molecular weight is 271 g/mol. The molecule has 0 aliphatic heterocycles. The molecule has 0 aliphatic rings. The molecular weight excluding hydrogens is 250 g/mol. The monoisotopic (exact) mass is 271 g/mol. The third-order valence-electron chi connectivity index (χ3n) is 3.45. The smallest absolute Gasteiger partial charge is 0.118 e. The molecular formula is C16H21N3O. The van der Waals surface area contributed by atoms with Crippen LogP contribution in [0.1, 0.15) is 42.9 Å². The van der Waals surface area contributed by atoms with Crippen molar-refractivity contribution in [3.05, 3.63) is 53.6 Å². The molecule has 2 atom stereocenters. The van der Waals surface area contributed by atoms with Crippen LogP contribution in [-0.2, 0) is 0 Å². The van der Waals surface area contributed by atoms with Gasteiger partial charge in [-0.05, 0) is 38.5 Å². The van der Waals surface area contributed by atoms with E-state index in [1.54, 1.807) is 19.5 Å². The Kier molecular flexibility index (Phi) is 4.69. The molecule has 106 valence electrons. The van der Waals surface area contributed by atoms with Crippen LogP contribution in [0.2, 0.25) is 0 Å². The van der Waals surface area contributed by atoms with Crippen LogP contribution in [0.4, 0.5) is 0 Å². The van der Waals surface area contributed by atoms with Crippen LogP contribution in [0, 0.1) is 6.92 Å². The number of rotatable bonds is 5. The summed E-state index contributed by atoms with van der Waals surface area (Å²) in [5.74, 6) is 0.874. The number of benzene rings is 1. The van der Waals surface area contributed by atoms with Crippen molar-refractivity contribution in [1.82, 2.24) is 15.3 Å². The van der Waals surface area contributed by atoms with Crippen LogP contribution < -0.4 is 10.1 Å². The number of methoxy groups -OCH3 is 1. The SMILES string of the molecule is COc1ccc([C@@H](C)NC(C)c2nccnc2C)cc1. The molecule has 1 aromatic heterocycles.